The maximum atomic E-state index is 16.8. The van der Waals surface area contributed by atoms with Crippen LogP contribution >= 0.6 is 0 Å². The molecule has 44 heavy (non-hydrogen) atoms. The number of hydrogen-bond donors (Lipinski definition) is 1. The van der Waals surface area contributed by atoms with Gasteiger partial charge in [0.05, 0.1) is 30.4 Å². The second-order valence-corrected chi connectivity index (χ2v) is 11.9. The van der Waals surface area contributed by atoms with Crippen LogP contribution in [0.1, 0.15) is 24.8 Å². The number of benzene rings is 2. The smallest absolute Gasteiger partial charge is 0.319 e. The average Bonchev–Trinajstić information content (AvgIpc) is 3.49. The van der Waals surface area contributed by atoms with Crippen molar-refractivity contribution in [3.63, 3.8) is 0 Å². The van der Waals surface area contributed by atoms with E-state index in [0.717, 1.165) is 19.4 Å². The zero-order valence-electron chi connectivity index (χ0n) is 23.7. The standard InChI is InChI=1S/C32H28F3N5O4/c1-2-21-23(34)5-4-17-10-20(41)11-22(24(17)21)27-26(35)28-25-29(40-8-9-42-14-19(40)15-43-30(25)36-27)38-31(37-28)44-16-32-6-3-7-39(32)13-18(33)12-32/h1,4-5,10-11,18-19,41H,3,6-9,12-16H2/t18-,19+,32?/m1/s1. The Bertz CT molecular complexity index is 1880. The van der Waals surface area contributed by atoms with Gasteiger partial charge < -0.3 is 24.2 Å². The first-order valence-electron chi connectivity index (χ1n) is 14.7. The van der Waals surface area contributed by atoms with E-state index in [2.05, 4.69) is 20.8 Å². The van der Waals surface area contributed by atoms with Crippen LogP contribution in [-0.2, 0) is 4.74 Å². The van der Waals surface area contributed by atoms with Crippen LogP contribution in [0.25, 0.3) is 32.9 Å². The average molecular weight is 604 g/mol. The Morgan fingerprint density at radius 2 is 2.02 bits per heavy atom. The molecule has 1 N–H and O–H groups in total. The first-order chi connectivity index (χ1) is 21.3. The van der Waals surface area contributed by atoms with Crippen molar-refractivity contribution >= 4 is 27.5 Å². The molecule has 2 aromatic carbocycles. The van der Waals surface area contributed by atoms with Gasteiger partial charge in [-0.05, 0) is 43.0 Å². The van der Waals surface area contributed by atoms with Crippen LogP contribution < -0.4 is 14.4 Å². The van der Waals surface area contributed by atoms with Crippen LogP contribution in [0, 0.1) is 24.0 Å². The van der Waals surface area contributed by atoms with Gasteiger partial charge in [0, 0.05) is 30.5 Å². The third-order valence-corrected chi connectivity index (χ3v) is 9.31. The number of phenolic OH excluding ortho intramolecular Hbond substituents is 1. The Hall–Kier alpha value is -4.34. The first kappa shape index (κ1) is 27.2. The van der Waals surface area contributed by atoms with Crippen LogP contribution in [0.5, 0.6) is 17.6 Å². The van der Waals surface area contributed by atoms with E-state index in [0.29, 0.717) is 43.9 Å². The molecule has 12 heteroatoms. The number of terminal acetylenes is 1. The number of phenols is 1. The summed E-state index contributed by atoms with van der Waals surface area (Å²) in [7, 11) is 0. The molecular formula is C32H28F3N5O4. The van der Waals surface area contributed by atoms with Crippen molar-refractivity contribution < 1.29 is 32.5 Å². The summed E-state index contributed by atoms with van der Waals surface area (Å²) in [5.74, 6) is 1.16. The first-order valence-corrected chi connectivity index (χ1v) is 14.7. The fraction of sp³-hybridized carbons (Fsp3) is 0.406. The number of alkyl halides is 1. The number of morpholine rings is 1. The monoisotopic (exact) mass is 603 g/mol. The number of aromatic nitrogens is 3. The van der Waals surface area contributed by atoms with Crippen LogP contribution in [0.15, 0.2) is 24.3 Å². The summed E-state index contributed by atoms with van der Waals surface area (Å²) in [6.07, 6.45) is 6.84. The highest BCUT2D eigenvalue weighted by Gasteiger charge is 2.49. The quantitative estimate of drug-likeness (QED) is 0.342. The molecule has 3 saturated heterocycles. The highest BCUT2D eigenvalue weighted by atomic mass is 19.1. The molecule has 0 spiro atoms. The van der Waals surface area contributed by atoms with Crippen molar-refractivity contribution in [2.45, 2.75) is 37.0 Å². The van der Waals surface area contributed by atoms with Gasteiger partial charge in [-0.2, -0.15) is 9.97 Å². The van der Waals surface area contributed by atoms with Gasteiger partial charge in [0.25, 0.3) is 0 Å². The molecule has 0 radical (unpaired) electrons. The number of aromatic hydroxyl groups is 1. The molecule has 2 aromatic heterocycles. The highest BCUT2D eigenvalue weighted by molar-refractivity contribution is 6.04. The third-order valence-electron chi connectivity index (χ3n) is 9.31. The van der Waals surface area contributed by atoms with E-state index in [4.69, 9.17) is 25.6 Å². The minimum atomic E-state index is -0.934. The lowest BCUT2D eigenvalue weighted by Crippen LogP contribution is -2.48. The van der Waals surface area contributed by atoms with Gasteiger partial charge in [-0.1, -0.05) is 12.0 Å². The number of fused-ring (bicyclic) bond motifs is 4. The Balaban J connectivity index is 1.33. The Labute approximate surface area is 250 Å². The predicted octanol–water partition coefficient (Wildman–Crippen LogP) is 4.36. The molecule has 3 fully saturated rings. The maximum Gasteiger partial charge on any atom is 0.319 e. The molecule has 0 amide bonds. The van der Waals surface area contributed by atoms with Gasteiger partial charge in [0.15, 0.2) is 5.82 Å². The van der Waals surface area contributed by atoms with Crippen molar-refractivity contribution in [1.29, 1.82) is 0 Å². The molecular weight excluding hydrogens is 575 g/mol. The largest absolute Gasteiger partial charge is 0.508 e. The second kappa shape index (κ2) is 10.1. The van der Waals surface area contributed by atoms with Gasteiger partial charge >= 0.3 is 6.01 Å². The molecule has 6 heterocycles. The van der Waals surface area contributed by atoms with Crippen molar-refractivity contribution in [2.24, 2.45) is 0 Å². The second-order valence-electron chi connectivity index (χ2n) is 11.9. The minimum absolute atomic E-state index is 0.0544. The molecule has 4 aromatic rings. The molecule has 1 unspecified atom stereocenters. The van der Waals surface area contributed by atoms with Gasteiger partial charge in [-0.15, -0.1) is 6.42 Å². The van der Waals surface area contributed by atoms with Crippen LogP contribution in [0.3, 0.4) is 0 Å². The van der Waals surface area contributed by atoms with Gasteiger partial charge in [-0.3, -0.25) is 4.90 Å². The third kappa shape index (κ3) is 4.13. The summed E-state index contributed by atoms with van der Waals surface area (Å²) >= 11 is 0. The Morgan fingerprint density at radius 1 is 1.14 bits per heavy atom. The summed E-state index contributed by atoms with van der Waals surface area (Å²) in [5.41, 5.74) is -0.795. The summed E-state index contributed by atoms with van der Waals surface area (Å²) in [6.45, 7) is 2.79. The SMILES string of the molecule is C#Cc1c(F)ccc2cc(O)cc(-c3nc4c5c(nc(OCC67CCCN6C[C@H](F)C7)nc5c3F)N3CCOC[C@H]3CO4)c12. The zero-order valence-corrected chi connectivity index (χ0v) is 23.7. The van der Waals surface area contributed by atoms with E-state index in [9.17, 15) is 13.9 Å². The number of anilines is 1. The molecule has 4 aliphatic heterocycles. The Morgan fingerprint density at radius 3 is 2.89 bits per heavy atom. The van der Waals surface area contributed by atoms with Crippen molar-refractivity contribution in [2.75, 3.05) is 51.0 Å². The molecule has 3 atom stereocenters. The number of rotatable bonds is 4. The molecule has 226 valence electrons. The van der Waals surface area contributed by atoms with Crippen molar-refractivity contribution in [3.8, 4) is 41.2 Å². The summed E-state index contributed by atoms with van der Waals surface area (Å²) in [6, 6.07) is 5.09. The van der Waals surface area contributed by atoms with E-state index >= 15 is 4.39 Å². The van der Waals surface area contributed by atoms with Crippen LogP contribution in [-0.4, -0.2) is 88.8 Å². The van der Waals surface area contributed by atoms with Crippen molar-refractivity contribution in [1.82, 2.24) is 19.9 Å². The summed E-state index contributed by atoms with van der Waals surface area (Å²) < 4.78 is 64.1. The molecule has 8 rings (SSSR count). The lowest BCUT2D eigenvalue weighted by Gasteiger charge is -2.35. The van der Waals surface area contributed by atoms with Gasteiger partial charge in [0.1, 0.15) is 53.4 Å². The highest BCUT2D eigenvalue weighted by Crippen LogP contribution is 2.44. The normalized spacial score (nSPS) is 24.5. The molecule has 0 saturated carbocycles. The van der Waals surface area contributed by atoms with Gasteiger partial charge in [0.2, 0.25) is 5.88 Å². The molecule has 4 aliphatic rings. The summed E-state index contributed by atoms with van der Waals surface area (Å²) in [5, 5.41) is 11.5. The van der Waals surface area contributed by atoms with Gasteiger partial charge in [-0.25, -0.2) is 18.2 Å². The van der Waals surface area contributed by atoms with E-state index in [-0.39, 0.29) is 70.0 Å². The topological polar surface area (TPSA) is 93.1 Å². The van der Waals surface area contributed by atoms with Crippen LogP contribution in [0.2, 0.25) is 0 Å². The maximum absolute atomic E-state index is 16.8. The predicted molar refractivity (Wildman–Crippen MR) is 156 cm³/mol. The molecule has 0 bridgehead atoms. The number of hydrogen-bond acceptors (Lipinski definition) is 9. The minimum Gasteiger partial charge on any atom is -0.508 e. The lowest BCUT2D eigenvalue weighted by molar-refractivity contribution is 0.0774. The molecule has 9 nitrogen and oxygen atoms in total. The fourth-order valence-electron chi connectivity index (χ4n) is 7.31. The Kier molecular flexibility index (Phi) is 6.25. The summed E-state index contributed by atoms with van der Waals surface area (Å²) in [4.78, 5) is 17.9. The number of halogens is 3. The number of ether oxygens (including phenoxy) is 3. The number of pyridine rings is 1. The van der Waals surface area contributed by atoms with E-state index in [1.54, 1.807) is 0 Å². The lowest BCUT2D eigenvalue weighted by atomic mass is 9.95. The van der Waals surface area contributed by atoms with E-state index < -0.39 is 23.3 Å². The van der Waals surface area contributed by atoms with Crippen molar-refractivity contribution in [3.05, 3.63) is 41.5 Å². The molecule has 0 aliphatic carbocycles. The zero-order chi connectivity index (χ0) is 30.2. The van der Waals surface area contributed by atoms with E-state index in [1.165, 1.54) is 24.3 Å². The number of nitrogens with zero attached hydrogens (tertiary/aromatic N) is 5. The van der Waals surface area contributed by atoms with E-state index in [1.807, 2.05) is 4.90 Å². The van der Waals surface area contributed by atoms with Crippen LogP contribution in [0.4, 0.5) is 19.0 Å². The fourth-order valence-corrected chi connectivity index (χ4v) is 7.31.